The third-order valence-electron chi connectivity index (χ3n) is 4.59. The van der Waals surface area contributed by atoms with E-state index in [9.17, 15) is 19.2 Å². The molecular formula is C14H19N3O4. The monoisotopic (exact) mass is 293 g/mol. The van der Waals surface area contributed by atoms with Crippen molar-refractivity contribution in [1.82, 2.24) is 15.5 Å². The van der Waals surface area contributed by atoms with Crippen molar-refractivity contribution in [3.63, 3.8) is 0 Å². The van der Waals surface area contributed by atoms with Gasteiger partial charge in [-0.05, 0) is 25.7 Å². The summed E-state index contributed by atoms with van der Waals surface area (Å²) in [5, 5.41) is 5.01. The van der Waals surface area contributed by atoms with Gasteiger partial charge in [0.15, 0.2) is 0 Å². The Morgan fingerprint density at radius 2 is 1.90 bits per heavy atom. The maximum absolute atomic E-state index is 12.5. The lowest BCUT2D eigenvalue weighted by atomic mass is 9.82. The van der Waals surface area contributed by atoms with Crippen LogP contribution in [0.2, 0.25) is 0 Å². The molecule has 1 heterocycles. The van der Waals surface area contributed by atoms with E-state index in [-0.39, 0.29) is 24.9 Å². The molecule has 3 rings (SSSR count). The van der Waals surface area contributed by atoms with Crippen LogP contribution in [0.5, 0.6) is 0 Å². The third-order valence-corrected chi connectivity index (χ3v) is 4.59. The van der Waals surface area contributed by atoms with Gasteiger partial charge in [-0.2, -0.15) is 0 Å². The Morgan fingerprint density at radius 1 is 1.24 bits per heavy atom. The smallest absolute Gasteiger partial charge is 0.330 e. The van der Waals surface area contributed by atoms with Crippen LogP contribution in [0.1, 0.15) is 38.5 Å². The Hall–Kier alpha value is -1.92. The lowest BCUT2D eigenvalue weighted by molar-refractivity contribution is -0.151. The van der Waals surface area contributed by atoms with Crippen molar-refractivity contribution in [1.29, 1.82) is 0 Å². The zero-order valence-corrected chi connectivity index (χ0v) is 11.8. The molecule has 2 aliphatic carbocycles. The summed E-state index contributed by atoms with van der Waals surface area (Å²) in [5.74, 6) is -0.798. The van der Waals surface area contributed by atoms with Crippen molar-refractivity contribution >= 4 is 23.8 Å². The van der Waals surface area contributed by atoms with Gasteiger partial charge in [-0.3, -0.25) is 24.6 Å². The van der Waals surface area contributed by atoms with Gasteiger partial charge in [0.05, 0.1) is 0 Å². The lowest BCUT2D eigenvalue weighted by Crippen LogP contribution is -2.63. The molecule has 1 spiro atoms. The molecule has 0 aromatic carbocycles. The molecule has 1 aliphatic heterocycles. The summed E-state index contributed by atoms with van der Waals surface area (Å²) in [6, 6.07) is -0.678. The second-order valence-electron chi connectivity index (χ2n) is 6.07. The molecule has 0 aromatic rings. The standard InChI is InChI=1S/C14H19N3O4/c18-10(9-3-4-9)15-7-8-17-12(20)14(5-1-2-6-14)11(19)16-13(17)21/h9H,1-8H2,(H,15,18)(H,16,19,21). The molecule has 2 saturated carbocycles. The first-order valence-electron chi connectivity index (χ1n) is 7.50. The SMILES string of the molecule is O=C(NCCN1C(=O)NC(=O)C2(CCCC2)C1=O)C1CC1. The fourth-order valence-electron chi connectivity index (χ4n) is 3.14. The van der Waals surface area contributed by atoms with Gasteiger partial charge >= 0.3 is 6.03 Å². The van der Waals surface area contributed by atoms with Crippen LogP contribution in [0, 0.1) is 11.3 Å². The first-order valence-corrected chi connectivity index (χ1v) is 7.50. The number of nitrogens with one attached hydrogen (secondary N) is 2. The molecule has 3 aliphatic rings. The fraction of sp³-hybridized carbons (Fsp3) is 0.714. The zero-order chi connectivity index (χ0) is 15.0. The van der Waals surface area contributed by atoms with Crippen LogP contribution >= 0.6 is 0 Å². The summed E-state index contributed by atoms with van der Waals surface area (Å²) < 4.78 is 0. The highest BCUT2D eigenvalue weighted by molar-refractivity contribution is 6.19. The largest absolute Gasteiger partial charge is 0.354 e. The Morgan fingerprint density at radius 3 is 2.52 bits per heavy atom. The molecular weight excluding hydrogens is 274 g/mol. The summed E-state index contributed by atoms with van der Waals surface area (Å²) in [6.07, 6.45) is 4.45. The maximum atomic E-state index is 12.5. The van der Waals surface area contributed by atoms with Gasteiger partial charge in [0.1, 0.15) is 5.41 Å². The number of imide groups is 2. The number of carbonyl (C=O) groups excluding carboxylic acids is 4. The Labute approximate surface area is 122 Å². The predicted molar refractivity (Wildman–Crippen MR) is 71.9 cm³/mol. The number of urea groups is 1. The zero-order valence-electron chi connectivity index (χ0n) is 11.8. The highest BCUT2D eigenvalue weighted by Crippen LogP contribution is 2.41. The molecule has 7 heteroatoms. The van der Waals surface area contributed by atoms with Gasteiger partial charge in [0.2, 0.25) is 17.7 Å². The van der Waals surface area contributed by atoms with E-state index in [1.807, 2.05) is 0 Å². The van der Waals surface area contributed by atoms with Crippen LogP contribution in [-0.4, -0.2) is 41.7 Å². The van der Waals surface area contributed by atoms with Crippen LogP contribution < -0.4 is 10.6 Å². The van der Waals surface area contributed by atoms with E-state index in [1.165, 1.54) is 0 Å². The van der Waals surface area contributed by atoms with Gasteiger partial charge in [-0.15, -0.1) is 0 Å². The maximum Gasteiger partial charge on any atom is 0.330 e. The van der Waals surface area contributed by atoms with Crippen molar-refractivity contribution < 1.29 is 19.2 Å². The summed E-state index contributed by atoms with van der Waals surface area (Å²) >= 11 is 0. The van der Waals surface area contributed by atoms with E-state index < -0.39 is 23.3 Å². The Bertz CT molecular complexity index is 506. The van der Waals surface area contributed by atoms with Gasteiger partial charge in [-0.25, -0.2) is 4.79 Å². The summed E-state index contributed by atoms with van der Waals surface area (Å²) in [5.41, 5.74) is -1.06. The van der Waals surface area contributed by atoms with E-state index >= 15 is 0 Å². The summed E-state index contributed by atoms with van der Waals surface area (Å²) in [4.78, 5) is 49.0. The second kappa shape index (κ2) is 5.13. The van der Waals surface area contributed by atoms with E-state index in [4.69, 9.17) is 0 Å². The molecule has 0 atom stereocenters. The Kier molecular flexibility index (Phi) is 3.43. The number of hydrogen-bond acceptors (Lipinski definition) is 4. The number of rotatable bonds is 4. The fourth-order valence-corrected chi connectivity index (χ4v) is 3.14. The molecule has 5 amide bonds. The van der Waals surface area contributed by atoms with Gasteiger partial charge in [-0.1, -0.05) is 12.8 Å². The number of hydrogen-bond donors (Lipinski definition) is 2. The van der Waals surface area contributed by atoms with Gasteiger partial charge in [0, 0.05) is 19.0 Å². The van der Waals surface area contributed by atoms with E-state index in [2.05, 4.69) is 10.6 Å². The first-order chi connectivity index (χ1) is 10.0. The van der Waals surface area contributed by atoms with Crippen molar-refractivity contribution in [2.45, 2.75) is 38.5 Å². The second-order valence-corrected chi connectivity index (χ2v) is 6.07. The van der Waals surface area contributed by atoms with Crippen molar-refractivity contribution in [3.05, 3.63) is 0 Å². The molecule has 1 saturated heterocycles. The summed E-state index contributed by atoms with van der Waals surface area (Å²) in [7, 11) is 0. The predicted octanol–water partition coefficient (Wildman–Crippen LogP) is 0.151. The van der Waals surface area contributed by atoms with Crippen LogP contribution in [0.3, 0.4) is 0 Å². The average molecular weight is 293 g/mol. The average Bonchev–Trinajstić information content (AvgIpc) is 3.18. The molecule has 3 fully saturated rings. The van der Waals surface area contributed by atoms with E-state index in [0.717, 1.165) is 30.6 Å². The first kappa shape index (κ1) is 14.0. The number of nitrogens with zero attached hydrogens (tertiary/aromatic N) is 1. The minimum atomic E-state index is -1.06. The highest BCUT2D eigenvalue weighted by atomic mass is 16.2. The van der Waals surface area contributed by atoms with Crippen molar-refractivity contribution in [2.75, 3.05) is 13.1 Å². The number of carbonyl (C=O) groups is 4. The lowest BCUT2D eigenvalue weighted by Gasteiger charge is -2.36. The molecule has 0 bridgehead atoms. The minimum Gasteiger partial charge on any atom is -0.354 e. The molecule has 0 aromatic heterocycles. The Balaban J connectivity index is 1.63. The quantitative estimate of drug-likeness (QED) is 0.721. The highest BCUT2D eigenvalue weighted by Gasteiger charge is 2.54. The normalized spacial score (nSPS) is 24.4. The van der Waals surface area contributed by atoms with Crippen molar-refractivity contribution in [3.8, 4) is 0 Å². The molecule has 0 unspecified atom stereocenters. The van der Waals surface area contributed by atoms with Gasteiger partial charge in [0.25, 0.3) is 0 Å². The third kappa shape index (κ3) is 2.41. The number of barbiturate groups is 1. The van der Waals surface area contributed by atoms with E-state index in [1.54, 1.807) is 0 Å². The van der Waals surface area contributed by atoms with Crippen molar-refractivity contribution in [2.24, 2.45) is 11.3 Å². The van der Waals surface area contributed by atoms with Crippen LogP contribution in [0.4, 0.5) is 4.79 Å². The van der Waals surface area contributed by atoms with Crippen LogP contribution in [0.25, 0.3) is 0 Å². The van der Waals surface area contributed by atoms with Gasteiger partial charge < -0.3 is 5.32 Å². The summed E-state index contributed by atoms with van der Waals surface area (Å²) in [6.45, 7) is 0.344. The molecule has 7 nitrogen and oxygen atoms in total. The van der Waals surface area contributed by atoms with Crippen LogP contribution in [0.15, 0.2) is 0 Å². The molecule has 2 N–H and O–H groups in total. The molecule has 114 valence electrons. The minimum absolute atomic E-state index is 0.0217. The number of amides is 5. The molecule has 0 radical (unpaired) electrons. The topological polar surface area (TPSA) is 95.6 Å². The van der Waals surface area contributed by atoms with E-state index in [0.29, 0.717) is 12.8 Å². The van der Waals surface area contributed by atoms with Crippen LogP contribution in [-0.2, 0) is 14.4 Å². The molecule has 21 heavy (non-hydrogen) atoms.